The zero-order valence-electron chi connectivity index (χ0n) is 13.9. The van der Waals surface area contributed by atoms with E-state index >= 15 is 0 Å². The van der Waals surface area contributed by atoms with Crippen LogP contribution in [0.5, 0.6) is 5.75 Å². The Hall–Kier alpha value is -2.77. The minimum absolute atomic E-state index is 0.246. The summed E-state index contributed by atoms with van der Waals surface area (Å²) in [5.41, 5.74) is 4.06. The number of ether oxygens (including phenoxy) is 1. The van der Waals surface area contributed by atoms with Gasteiger partial charge in [-0.05, 0) is 29.7 Å². The first-order chi connectivity index (χ1) is 12.2. The summed E-state index contributed by atoms with van der Waals surface area (Å²) in [7, 11) is 0. The lowest BCUT2D eigenvalue weighted by atomic mass is 10.1. The van der Waals surface area contributed by atoms with E-state index in [9.17, 15) is 0 Å². The number of nitriles is 1. The fourth-order valence-corrected chi connectivity index (χ4v) is 2.89. The predicted octanol–water partition coefficient (Wildman–Crippen LogP) is 4.54. The Labute approximate surface area is 152 Å². The molecule has 5 heteroatoms. The SMILES string of the molecule is Cc1cc(Cn2cnc(Cl)c2CC#N)ccc1OCc1ccccc1. The van der Waals surface area contributed by atoms with Crippen molar-refractivity contribution in [2.24, 2.45) is 0 Å². The molecule has 0 aliphatic heterocycles. The highest BCUT2D eigenvalue weighted by molar-refractivity contribution is 6.30. The molecule has 0 saturated heterocycles. The molecule has 0 spiro atoms. The molecular formula is C20H18ClN3O. The van der Waals surface area contributed by atoms with E-state index in [1.165, 1.54) is 0 Å². The molecule has 0 aliphatic carbocycles. The number of rotatable bonds is 6. The summed E-state index contributed by atoms with van der Waals surface area (Å²) < 4.78 is 7.82. The lowest BCUT2D eigenvalue weighted by Gasteiger charge is -2.12. The van der Waals surface area contributed by atoms with Crippen LogP contribution < -0.4 is 4.74 Å². The molecule has 0 unspecified atom stereocenters. The van der Waals surface area contributed by atoms with Crippen molar-refractivity contribution in [3.05, 3.63) is 82.4 Å². The van der Waals surface area contributed by atoms with Crippen molar-refractivity contribution in [2.75, 3.05) is 0 Å². The molecule has 126 valence electrons. The molecule has 2 aromatic carbocycles. The number of hydrogen-bond donors (Lipinski definition) is 0. The van der Waals surface area contributed by atoms with E-state index in [4.69, 9.17) is 21.6 Å². The molecule has 0 radical (unpaired) electrons. The topological polar surface area (TPSA) is 50.8 Å². The van der Waals surface area contributed by atoms with E-state index < -0.39 is 0 Å². The quantitative estimate of drug-likeness (QED) is 0.655. The minimum atomic E-state index is 0.246. The summed E-state index contributed by atoms with van der Waals surface area (Å²) in [5.74, 6) is 0.869. The maximum absolute atomic E-state index is 8.92. The largest absolute Gasteiger partial charge is 0.489 e. The van der Waals surface area contributed by atoms with Gasteiger partial charge in [0.2, 0.25) is 0 Å². The Morgan fingerprint density at radius 1 is 1.16 bits per heavy atom. The molecule has 3 aromatic rings. The van der Waals surface area contributed by atoms with Crippen molar-refractivity contribution < 1.29 is 4.74 Å². The van der Waals surface area contributed by atoms with Gasteiger partial charge in [-0.25, -0.2) is 4.98 Å². The average molecular weight is 352 g/mol. The highest BCUT2D eigenvalue weighted by atomic mass is 35.5. The van der Waals surface area contributed by atoms with E-state index in [0.717, 1.165) is 28.1 Å². The summed E-state index contributed by atoms with van der Waals surface area (Å²) in [6, 6.07) is 18.3. The van der Waals surface area contributed by atoms with Crippen molar-refractivity contribution >= 4 is 11.6 Å². The van der Waals surface area contributed by atoms with Gasteiger partial charge in [-0.3, -0.25) is 0 Å². The van der Waals surface area contributed by atoms with Crippen molar-refractivity contribution in [2.45, 2.75) is 26.5 Å². The van der Waals surface area contributed by atoms with E-state index in [1.807, 2.05) is 54.0 Å². The zero-order chi connectivity index (χ0) is 17.6. The molecule has 3 rings (SSSR count). The number of nitrogens with zero attached hydrogens (tertiary/aromatic N) is 3. The van der Waals surface area contributed by atoms with Crippen LogP contribution in [0.4, 0.5) is 0 Å². The third-order valence-electron chi connectivity index (χ3n) is 3.97. The van der Waals surface area contributed by atoms with Gasteiger partial charge in [0.25, 0.3) is 0 Å². The third-order valence-corrected chi connectivity index (χ3v) is 4.29. The predicted molar refractivity (Wildman–Crippen MR) is 97.6 cm³/mol. The van der Waals surface area contributed by atoms with Crippen LogP contribution in [0.2, 0.25) is 5.15 Å². The molecule has 0 atom stereocenters. The number of aromatic nitrogens is 2. The monoisotopic (exact) mass is 351 g/mol. The van der Waals surface area contributed by atoms with Gasteiger partial charge in [-0.15, -0.1) is 0 Å². The van der Waals surface area contributed by atoms with Crippen molar-refractivity contribution in [1.82, 2.24) is 9.55 Å². The Balaban J connectivity index is 1.71. The molecule has 1 heterocycles. The Kier molecular flexibility index (Phi) is 5.37. The van der Waals surface area contributed by atoms with E-state index in [-0.39, 0.29) is 6.42 Å². The van der Waals surface area contributed by atoms with Crippen molar-refractivity contribution in [3.8, 4) is 11.8 Å². The lowest BCUT2D eigenvalue weighted by molar-refractivity contribution is 0.304. The lowest BCUT2D eigenvalue weighted by Crippen LogP contribution is -2.04. The molecule has 0 fully saturated rings. The van der Waals surface area contributed by atoms with Gasteiger partial charge in [0, 0.05) is 6.54 Å². The second-order valence-corrected chi connectivity index (χ2v) is 6.18. The standard InChI is InChI=1S/C20H18ClN3O/c1-15-11-17(12-24-14-23-20(21)18(24)9-10-22)7-8-19(15)25-13-16-5-3-2-4-6-16/h2-8,11,14H,9,12-13H2,1H3. The maximum Gasteiger partial charge on any atom is 0.151 e. The van der Waals surface area contributed by atoms with E-state index in [2.05, 4.69) is 17.1 Å². The first-order valence-electron chi connectivity index (χ1n) is 8.00. The average Bonchev–Trinajstić information content (AvgIpc) is 2.96. The van der Waals surface area contributed by atoms with Crippen LogP contribution in [-0.2, 0) is 19.6 Å². The Morgan fingerprint density at radius 2 is 1.96 bits per heavy atom. The van der Waals surface area contributed by atoms with Gasteiger partial charge in [-0.2, -0.15) is 5.26 Å². The van der Waals surface area contributed by atoms with Gasteiger partial charge in [0.05, 0.1) is 24.5 Å². The minimum Gasteiger partial charge on any atom is -0.489 e. The highest BCUT2D eigenvalue weighted by Crippen LogP contribution is 2.22. The van der Waals surface area contributed by atoms with Gasteiger partial charge < -0.3 is 9.30 Å². The number of imidazole rings is 1. The molecular weight excluding hydrogens is 334 g/mol. The summed E-state index contributed by atoms with van der Waals surface area (Å²) in [6.45, 7) is 3.20. The van der Waals surface area contributed by atoms with E-state index in [1.54, 1.807) is 6.33 Å². The maximum atomic E-state index is 8.92. The number of aryl methyl sites for hydroxylation is 1. The summed E-state index contributed by atoms with van der Waals surface area (Å²) in [6.07, 6.45) is 1.92. The number of halogens is 1. The number of benzene rings is 2. The van der Waals surface area contributed by atoms with Crippen molar-refractivity contribution in [3.63, 3.8) is 0 Å². The third kappa shape index (κ3) is 4.20. The van der Waals surface area contributed by atoms with Crippen molar-refractivity contribution in [1.29, 1.82) is 5.26 Å². The fraction of sp³-hybridized carbons (Fsp3) is 0.200. The van der Waals surface area contributed by atoms with Crippen LogP contribution in [0.3, 0.4) is 0 Å². The summed E-state index contributed by atoms with van der Waals surface area (Å²) >= 11 is 6.04. The molecule has 0 N–H and O–H groups in total. The molecule has 0 bridgehead atoms. The van der Waals surface area contributed by atoms with Crippen LogP contribution >= 0.6 is 11.6 Å². The molecule has 1 aromatic heterocycles. The van der Waals surface area contributed by atoms with E-state index in [0.29, 0.717) is 18.3 Å². The Morgan fingerprint density at radius 3 is 2.68 bits per heavy atom. The molecule has 25 heavy (non-hydrogen) atoms. The van der Waals surface area contributed by atoms with Gasteiger partial charge in [0.1, 0.15) is 12.4 Å². The van der Waals surface area contributed by atoms with Crippen LogP contribution in [0.25, 0.3) is 0 Å². The highest BCUT2D eigenvalue weighted by Gasteiger charge is 2.10. The molecule has 0 amide bonds. The summed E-state index contributed by atoms with van der Waals surface area (Å²) in [4.78, 5) is 4.09. The molecule has 0 saturated carbocycles. The first-order valence-corrected chi connectivity index (χ1v) is 8.38. The van der Waals surface area contributed by atoms with Crippen LogP contribution in [0.15, 0.2) is 54.9 Å². The van der Waals surface area contributed by atoms with Gasteiger partial charge >= 0.3 is 0 Å². The second kappa shape index (κ2) is 7.87. The first kappa shape index (κ1) is 17.1. The normalized spacial score (nSPS) is 10.4. The fourth-order valence-electron chi connectivity index (χ4n) is 2.67. The van der Waals surface area contributed by atoms with Crippen LogP contribution in [0, 0.1) is 18.3 Å². The molecule has 4 nitrogen and oxygen atoms in total. The van der Waals surface area contributed by atoms with Crippen LogP contribution in [0.1, 0.15) is 22.4 Å². The van der Waals surface area contributed by atoms with Crippen LogP contribution in [-0.4, -0.2) is 9.55 Å². The molecule has 0 aliphatic rings. The smallest absolute Gasteiger partial charge is 0.151 e. The number of hydrogen-bond acceptors (Lipinski definition) is 3. The Bertz CT molecular complexity index is 897. The summed E-state index contributed by atoms with van der Waals surface area (Å²) in [5, 5.41) is 9.31. The zero-order valence-corrected chi connectivity index (χ0v) is 14.7. The second-order valence-electron chi connectivity index (χ2n) is 5.82. The van der Waals surface area contributed by atoms with Gasteiger partial charge in [-0.1, -0.05) is 54.1 Å². The van der Waals surface area contributed by atoms with Gasteiger partial charge in [0.15, 0.2) is 5.15 Å².